The third kappa shape index (κ3) is 4.33. The monoisotopic (exact) mass is 270 g/mol. The molecule has 0 amide bonds. The van der Waals surface area contributed by atoms with Gasteiger partial charge in [-0.3, -0.25) is 0 Å². The molecule has 1 aromatic rings. The molecule has 0 aromatic carbocycles. The number of unbranched alkanes of at least 4 members (excludes halogenated alkanes) is 2. The SMILES string of the molecule is CCCCCOc1ncnc(OC)c1NC(N)=S. The molecule has 6 nitrogen and oxygen atoms in total. The van der Waals surface area contributed by atoms with E-state index in [9.17, 15) is 0 Å². The van der Waals surface area contributed by atoms with Gasteiger partial charge in [-0.25, -0.2) is 0 Å². The number of aromatic nitrogens is 2. The number of hydrogen-bond donors (Lipinski definition) is 2. The normalized spacial score (nSPS) is 9.89. The van der Waals surface area contributed by atoms with Crippen LogP contribution >= 0.6 is 12.2 Å². The van der Waals surface area contributed by atoms with Crippen molar-refractivity contribution in [2.45, 2.75) is 26.2 Å². The lowest BCUT2D eigenvalue weighted by Gasteiger charge is -2.13. The summed E-state index contributed by atoms with van der Waals surface area (Å²) in [5.74, 6) is 0.744. The summed E-state index contributed by atoms with van der Waals surface area (Å²) in [6.07, 6.45) is 4.59. The number of hydrogen-bond acceptors (Lipinski definition) is 5. The number of anilines is 1. The average molecular weight is 270 g/mol. The zero-order valence-corrected chi connectivity index (χ0v) is 11.4. The number of nitrogens with zero attached hydrogens (tertiary/aromatic N) is 2. The quantitative estimate of drug-likeness (QED) is 0.576. The molecule has 1 rings (SSSR count). The number of ether oxygens (including phenoxy) is 2. The van der Waals surface area contributed by atoms with Crippen LogP contribution in [0.4, 0.5) is 5.69 Å². The minimum atomic E-state index is 0.113. The number of nitrogens with two attached hydrogens (primary N) is 1. The standard InChI is InChI=1S/C11H18N4O2S/c1-3-4-5-6-17-10-8(15-11(12)18)9(16-2)13-7-14-10/h7H,3-6H2,1-2H3,(H3,12,15,18). The van der Waals surface area contributed by atoms with Crippen LogP contribution in [0.2, 0.25) is 0 Å². The van der Waals surface area contributed by atoms with Crippen molar-refractivity contribution in [3.8, 4) is 11.8 Å². The van der Waals surface area contributed by atoms with Crippen molar-refractivity contribution in [2.75, 3.05) is 19.0 Å². The molecule has 0 saturated carbocycles. The van der Waals surface area contributed by atoms with Gasteiger partial charge in [-0.2, -0.15) is 9.97 Å². The molecule has 0 unspecified atom stereocenters. The van der Waals surface area contributed by atoms with Crippen LogP contribution in [0.1, 0.15) is 26.2 Å². The zero-order valence-electron chi connectivity index (χ0n) is 10.6. The van der Waals surface area contributed by atoms with E-state index in [4.69, 9.17) is 27.4 Å². The molecule has 0 saturated heterocycles. The van der Waals surface area contributed by atoms with Crippen molar-refractivity contribution < 1.29 is 9.47 Å². The fourth-order valence-corrected chi connectivity index (χ4v) is 1.47. The molecule has 0 fully saturated rings. The first-order valence-electron chi connectivity index (χ1n) is 5.77. The van der Waals surface area contributed by atoms with Crippen molar-refractivity contribution in [3.05, 3.63) is 6.33 Å². The smallest absolute Gasteiger partial charge is 0.245 e. The summed E-state index contributed by atoms with van der Waals surface area (Å²) >= 11 is 4.80. The molecule has 18 heavy (non-hydrogen) atoms. The van der Waals surface area contributed by atoms with E-state index in [1.54, 1.807) is 0 Å². The van der Waals surface area contributed by atoms with Gasteiger partial charge in [0.25, 0.3) is 0 Å². The van der Waals surface area contributed by atoms with Gasteiger partial charge in [-0.05, 0) is 18.6 Å². The largest absolute Gasteiger partial charge is 0.479 e. The van der Waals surface area contributed by atoms with E-state index in [1.165, 1.54) is 13.4 Å². The van der Waals surface area contributed by atoms with Gasteiger partial charge in [0.05, 0.1) is 13.7 Å². The Balaban J connectivity index is 2.78. The first kappa shape index (κ1) is 14.4. The first-order valence-corrected chi connectivity index (χ1v) is 6.18. The molecule has 0 aliphatic carbocycles. The van der Waals surface area contributed by atoms with Gasteiger partial charge in [0.1, 0.15) is 6.33 Å². The van der Waals surface area contributed by atoms with Gasteiger partial charge in [0.2, 0.25) is 11.8 Å². The first-order chi connectivity index (χ1) is 8.69. The number of nitrogens with one attached hydrogen (secondary N) is 1. The number of methoxy groups -OCH3 is 1. The molecular formula is C11H18N4O2S. The van der Waals surface area contributed by atoms with E-state index in [0.29, 0.717) is 24.1 Å². The van der Waals surface area contributed by atoms with E-state index >= 15 is 0 Å². The lowest BCUT2D eigenvalue weighted by atomic mass is 10.3. The average Bonchev–Trinajstić information content (AvgIpc) is 2.35. The van der Waals surface area contributed by atoms with Crippen LogP contribution in [0, 0.1) is 0 Å². The zero-order chi connectivity index (χ0) is 13.4. The van der Waals surface area contributed by atoms with Gasteiger partial charge >= 0.3 is 0 Å². The third-order valence-corrected chi connectivity index (χ3v) is 2.31. The Bertz CT molecular complexity index is 401. The Morgan fingerprint density at radius 1 is 1.39 bits per heavy atom. The van der Waals surface area contributed by atoms with Crippen LogP contribution in [-0.4, -0.2) is 28.8 Å². The highest BCUT2D eigenvalue weighted by atomic mass is 32.1. The minimum Gasteiger partial charge on any atom is -0.479 e. The summed E-state index contributed by atoms with van der Waals surface area (Å²) < 4.78 is 10.7. The second-order valence-electron chi connectivity index (χ2n) is 3.61. The van der Waals surface area contributed by atoms with Crippen molar-refractivity contribution in [1.29, 1.82) is 0 Å². The third-order valence-electron chi connectivity index (χ3n) is 2.21. The van der Waals surface area contributed by atoms with Gasteiger partial charge in [0, 0.05) is 0 Å². The summed E-state index contributed by atoms with van der Waals surface area (Å²) in [6.45, 7) is 2.72. The molecule has 0 spiro atoms. The van der Waals surface area contributed by atoms with E-state index in [1.807, 2.05) is 0 Å². The number of rotatable bonds is 7. The van der Waals surface area contributed by atoms with Gasteiger partial charge in [-0.1, -0.05) is 19.8 Å². The topological polar surface area (TPSA) is 82.3 Å². The maximum Gasteiger partial charge on any atom is 0.245 e. The van der Waals surface area contributed by atoms with Crippen molar-refractivity contribution in [3.63, 3.8) is 0 Å². The summed E-state index contributed by atoms with van der Waals surface area (Å²) in [6, 6.07) is 0. The molecule has 100 valence electrons. The maximum atomic E-state index is 5.57. The molecule has 0 atom stereocenters. The van der Waals surface area contributed by atoms with Gasteiger partial charge < -0.3 is 20.5 Å². The molecule has 0 bridgehead atoms. The van der Waals surface area contributed by atoms with Crippen LogP contribution in [0.15, 0.2) is 6.33 Å². The summed E-state index contributed by atoms with van der Waals surface area (Å²) in [5, 5.41) is 2.88. The van der Waals surface area contributed by atoms with Crippen molar-refractivity contribution >= 4 is 23.0 Å². The lowest BCUT2D eigenvalue weighted by molar-refractivity contribution is 0.293. The summed E-state index contributed by atoms with van der Waals surface area (Å²) in [5.41, 5.74) is 5.91. The van der Waals surface area contributed by atoms with Crippen LogP contribution < -0.4 is 20.5 Å². The molecular weight excluding hydrogens is 252 g/mol. The van der Waals surface area contributed by atoms with Crippen LogP contribution in [-0.2, 0) is 0 Å². The van der Waals surface area contributed by atoms with Crippen molar-refractivity contribution in [1.82, 2.24) is 9.97 Å². The van der Waals surface area contributed by atoms with E-state index in [2.05, 4.69) is 22.2 Å². The highest BCUT2D eigenvalue weighted by Crippen LogP contribution is 2.29. The van der Waals surface area contributed by atoms with Crippen molar-refractivity contribution in [2.24, 2.45) is 5.73 Å². The molecule has 0 radical (unpaired) electrons. The molecule has 3 N–H and O–H groups in total. The fraction of sp³-hybridized carbons (Fsp3) is 0.545. The predicted octanol–water partition coefficient (Wildman–Crippen LogP) is 1.71. The predicted molar refractivity (Wildman–Crippen MR) is 74.0 cm³/mol. The number of thiocarbonyl (C=S) groups is 1. The van der Waals surface area contributed by atoms with Crippen LogP contribution in [0.25, 0.3) is 0 Å². The molecule has 7 heteroatoms. The van der Waals surface area contributed by atoms with Crippen LogP contribution in [0.3, 0.4) is 0 Å². The Hall–Kier alpha value is -1.63. The maximum absolute atomic E-state index is 5.57. The highest BCUT2D eigenvalue weighted by Gasteiger charge is 2.13. The summed E-state index contributed by atoms with van der Waals surface area (Å²) in [7, 11) is 1.51. The van der Waals surface area contributed by atoms with Crippen LogP contribution in [0.5, 0.6) is 11.8 Å². The Labute approximate surface area is 112 Å². The summed E-state index contributed by atoms with van der Waals surface area (Å²) in [4.78, 5) is 8.01. The highest BCUT2D eigenvalue weighted by molar-refractivity contribution is 7.80. The van der Waals surface area contributed by atoms with E-state index in [-0.39, 0.29) is 5.11 Å². The minimum absolute atomic E-state index is 0.113. The van der Waals surface area contributed by atoms with E-state index < -0.39 is 0 Å². The Morgan fingerprint density at radius 3 is 2.72 bits per heavy atom. The van der Waals surface area contributed by atoms with E-state index in [0.717, 1.165) is 19.3 Å². The molecule has 1 aromatic heterocycles. The second-order valence-corrected chi connectivity index (χ2v) is 4.05. The lowest BCUT2D eigenvalue weighted by Crippen LogP contribution is -2.20. The molecule has 0 aliphatic heterocycles. The second kappa shape index (κ2) is 7.65. The molecule has 0 aliphatic rings. The van der Waals surface area contributed by atoms with Gasteiger partial charge in [0.15, 0.2) is 10.8 Å². The Morgan fingerprint density at radius 2 is 2.11 bits per heavy atom. The Kier molecular flexibility index (Phi) is 6.13. The molecule has 1 heterocycles. The van der Waals surface area contributed by atoms with Gasteiger partial charge in [-0.15, -0.1) is 0 Å². The fourth-order valence-electron chi connectivity index (χ4n) is 1.37.